The van der Waals surface area contributed by atoms with Crippen molar-refractivity contribution in [2.45, 2.75) is 20.4 Å². The normalized spacial score (nSPS) is 9.86. The predicted molar refractivity (Wildman–Crippen MR) is 85.1 cm³/mol. The average Bonchev–Trinajstić information content (AvgIpc) is 2.82. The number of benzene rings is 1. The zero-order chi connectivity index (χ0) is 15.2. The predicted octanol–water partition coefficient (Wildman–Crippen LogP) is 2.00. The highest BCUT2D eigenvalue weighted by Crippen LogP contribution is 2.17. The van der Waals surface area contributed by atoms with Gasteiger partial charge in [-0.05, 0) is 31.5 Å². The van der Waals surface area contributed by atoms with Crippen molar-refractivity contribution in [2.75, 3.05) is 6.54 Å². The molecule has 0 saturated carbocycles. The molecule has 108 valence electrons. The van der Waals surface area contributed by atoms with Gasteiger partial charge in [-0.25, -0.2) is 4.98 Å². The van der Waals surface area contributed by atoms with E-state index in [-0.39, 0.29) is 5.91 Å². The summed E-state index contributed by atoms with van der Waals surface area (Å²) in [5.74, 6) is 5.71. The van der Waals surface area contributed by atoms with Crippen molar-refractivity contribution in [3.05, 3.63) is 51.0 Å². The highest BCUT2D eigenvalue weighted by molar-refractivity contribution is 7.13. The lowest BCUT2D eigenvalue weighted by molar-refractivity contribution is 0.0954. The number of carbonyl (C=O) groups is 1. The average molecular weight is 299 g/mol. The molecule has 2 rings (SSSR count). The fourth-order valence-corrected chi connectivity index (χ4v) is 2.75. The van der Waals surface area contributed by atoms with Gasteiger partial charge < -0.3 is 11.1 Å². The highest BCUT2D eigenvalue weighted by atomic mass is 32.1. The zero-order valence-electron chi connectivity index (χ0n) is 12.1. The molecule has 1 aromatic heterocycles. The van der Waals surface area contributed by atoms with E-state index in [0.29, 0.717) is 18.0 Å². The molecule has 0 atom stereocenters. The molecule has 1 aromatic carbocycles. The van der Waals surface area contributed by atoms with Crippen LogP contribution in [0, 0.1) is 25.7 Å². The van der Waals surface area contributed by atoms with Gasteiger partial charge >= 0.3 is 0 Å². The minimum atomic E-state index is -0.0865. The van der Waals surface area contributed by atoms with Gasteiger partial charge in [-0.1, -0.05) is 24.0 Å². The van der Waals surface area contributed by atoms with Crippen LogP contribution in [0.25, 0.3) is 0 Å². The fourth-order valence-electron chi connectivity index (χ4n) is 1.92. The van der Waals surface area contributed by atoms with Crippen molar-refractivity contribution < 1.29 is 4.79 Å². The second-order valence-electron chi connectivity index (χ2n) is 4.54. The minimum Gasteiger partial charge on any atom is -0.347 e. The molecule has 3 N–H and O–H groups in total. The first-order chi connectivity index (χ1) is 10.1. The molecule has 0 aliphatic rings. The van der Waals surface area contributed by atoms with E-state index in [1.165, 1.54) is 11.3 Å². The molecule has 5 heteroatoms. The SMILES string of the molecule is Cc1nc(C)c(C(=O)NCc2cccc(C#CCN)c2)s1. The van der Waals surface area contributed by atoms with Crippen LogP contribution in [0.3, 0.4) is 0 Å². The first kappa shape index (κ1) is 15.2. The number of nitrogens with zero attached hydrogens (tertiary/aromatic N) is 1. The van der Waals surface area contributed by atoms with Crippen LogP contribution in [-0.4, -0.2) is 17.4 Å². The smallest absolute Gasteiger partial charge is 0.263 e. The number of carbonyl (C=O) groups excluding carboxylic acids is 1. The summed E-state index contributed by atoms with van der Waals surface area (Å²) in [4.78, 5) is 17.1. The first-order valence-electron chi connectivity index (χ1n) is 6.60. The highest BCUT2D eigenvalue weighted by Gasteiger charge is 2.13. The molecule has 2 aromatic rings. The Labute approximate surface area is 128 Å². The fraction of sp³-hybridized carbons (Fsp3) is 0.250. The van der Waals surface area contributed by atoms with Crippen molar-refractivity contribution in [3.63, 3.8) is 0 Å². The van der Waals surface area contributed by atoms with Gasteiger partial charge in [-0.3, -0.25) is 4.79 Å². The molecular weight excluding hydrogens is 282 g/mol. The Bertz CT molecular complexity index is 710. The van der Waals surface area contributed by atoms with E-state index < -0.39 is 0 Å². The molecule has 0 radical (unpaired) electrons. The maximum absolute atomic E-state index is 12.1. The molecular formula is C16H17N3OS. The van der Waals surface area contributed by atoms with Gasteiger partial charge in [0, 0.05) is 12.1 Å². The summed E-state index contributed by atoms with van der Waals surface area (Å²) in [6, 6.07) is 7.75. The summed E-state index contributed by atoms with van der Waals surface area (Å²) in [6.07, 6.45) is 0. The molecule has 0 spiro atoms. The van der Waals surface area contributed by atoms with Crippen LogP contribution in [0.4, 0.5) is 0 Å². The van der Waals surface area contributed by atoms with Crippen LogP contribution in [0.5, 0.6) is 0 Å². The zero-order valence-corrected chi connectivity index (χ0v) is 12.9. The van der Waals surface area contributed by atoms with Gasteiger partial charge in [0.05, 0.1) is 17.2 Å². The number of nitrogens with two attached hydrogens (primary N) is 1. The molecule has 0 unspecified atom stereocenters. The number of amides is 1. The second kappa shape index (κ2) is 7.02. The van der Waals surface area contributed by atoms with Gasteiger partial charge in [0.1, 0.15) is 4.88 Å². The number of rotatable bonds is 3. The van der Waals surface area contributed by atoms with Crippen molar-refractivity contribution in [2.24, 2.45) is 5.73 Å². The maximum Gasteiger partial charge on any atom is 0.263 e. The monoisotopic (exact) mass is 299 g/mol. The van der Waals surface area contributed by atoms with E-state index in [0.717, 1.165) is 21.8 Å². The van der Waals surface area contributed by atoms with Gasteiger partial charge in [0.2, 0.25) is 0 Å². The topological polar surface area (TPSA) is 68.0 Å². The number of hydrogen-bond donors (Lipinski definition) is 2. The largest absolute Gasteiger partial charge is 0.347 e. The molecule has 1 amide bonds. The third-order valence-corrected chi connectivity index (χ3v) is 3.90. The van der Waals surface area contributed by atoms with E-state index in [2.05, 4.69) is 22.1 Å². The van der Waals surface area contributed by atoms with Crippen LogP contribution < -0.4 is 11.1 Å². The summed E-state index contributed by atoms with van der Waals surface area (Å²) < 4.78 is 0. The molecule has 21 heavy (non-hydrogen) atoms. The molecule has 1 heterocycles. The lowest BCUT2D eigenvalue weighted by Crippen LogP contribution is -2.22. The number of aromatic nitrogens is 1. The van der Waals surface area contributed by atoms with Gasteiger partial charge in [0.25, 0.3) is 5.91 Å². The van der Waals surface area contributed by atoms with E-state index >= 15 is 0 Å². The van der Waals surface area contributed by atoms with Crippen molar-refractivity contribution in [1.29, 1.82) is 0 Å². The van der Waals surface area contributed by atoms with Crippen LogP contribution in [0.1, 0.15) is 31.5 Å². The van der Waals surface area contributed by atoms with Crippen LogP contribution in [0.15, 0.2) is 24.3 Å². The summed E-state index contributed by atoms with van der Waals surface area (Å²) in [7, 11) is 0. The summed E-state index contributed by atoms with van der Waals surface area (Å²) in [5, 5.41) is 3.81. The van der Waals surface area contributed by atoms with Crippen molar-refractivity contribution in [3.8, 4) is 11.8 Å². The van der Waals surface area contributed by atoms with Crippen LogP contribution in [0.2, 0.25) is 0 Å². The van der Waals surface area contributed by atoms with Crippen molar-refractivity contribution in [1.82, 2.24) is 10.3 Å². The lowest BCUT2D eigenvalue weighted by Gasteiger charge is -2.05. The van der Waals surface area contributed by atoms with Gasteiger partial charge in [0.15, 0.2) is 0 Å². The molecule has 0 fully saturated rings. The Hall–Kier alpha value is -2.16. The van der Waals surface area contributed by atoms with E-state index in [9.17, 15) is 4.79 Å². The number of hydrogen-bond acceptors (Lipinski definition) is 4. The van der Waals surface area contributed by atoms with E-state index in [1.54, 1.807) is 0 Å². The lowest BCUT2D eigenvalue weighted by atomic mass is 10.1. The molecule has 0 bridgehead atoms. The van der Waals surface area contributed by atoms with Crippen LogP contribution in [-0.2, 0) is 6.54 Å². The maximum atomic E-state index is 12.1. The quantitative estimate of drug-likeness (QED) is 0.852. The summed E-state index contributed by atoms with van der Waals surface area (Å²) >= 11 is 1.41. The molecule has 0 aliphatic heterocycles. The molecule has 0 aliphatic carbocycles. The Morgan fingerprint density at radius 2 is 2.24 bits per heavy atom. The Balaban J connectivity index is 2.03. The standard InChI is InChI=1S/C16H17N3OS/c1-11-15(21-12(2)19-11)16(20)18-10-14-6-3-5-13(9-14)7-4-8-17/h3,5-6,9H,8,10,17H2,1-2H3,(H,18,20). The number of thiazole rings is 1. The third-order valence-electron chi connectivity index (χ3n) is 2.82. The molecule has 0 saturated heterocycles. The Kier molecular flexibility index (Phi) is 5.09. The van der Waals surface area contributed by atoms with Crippen LogP contribution >= 0.6 is 11.3 Å². The van der Waals surface area contributed by atoms with E-state index in [4.69, 9.17) is 5.73 Å². The van der Waals surface area contributed by atoms with E-state index in [1.807, 2.05) is 38.1 Å². The Morgan fingerprint density at radius 1 is 1.43 bits per heavy atom. The first-order valence-corrected chi connectivity index (χ1v) is 7.42. The summed E-state index contributed by atoms with van der Waals surface area (Å²) in [5.41, 5.74) is 8.04. The number of aryl methyl sites for hydroxylation is 2. The van der Waals surface area contributed by atoms with Gasteiger partial charge in [-0.2, -0.15) is 0 Å². The minimum absolute atomic E-state index is 0.0865. The Morgan fingerprint density at radius 3 is 2.90 bits per heavy atom. The second-order valence-corrected chi connectivity index (χ2v) is 5.74. The van der Waals surface area contributed by atoms with Gasteiger partial charge in [-0.15, -0.1) is 11.3 Å². The third kappa shape index (κ3) is 4.15. The summed E-state index contributed by atoms with van der Waals surface area (Å²) in [6.45, 7) is 4.55. The van der Waals surface area contributed by atoms with Crippen molar-refractivity contribution >= 4 is 17.2 Å². The number of nitrogens with one attached hydrogen (secondary N) is 1. The molecule has 4 nitrogen and oxygen atoms in total.